The van der Waals surface area contributed by atoms with Gasteiger partial charge in [0.15, 0.2) is 0 Å². The predicted molar refractivity (Wildman–Crippen MR) is 204 cm³/mol. The van der Waals surface area contributed by atoms with Gasteiger partial charge < -0.3 is 19.8 Å². The minimum absolute atomic E-state index is 0.0692. The van der Waals surface area contributed by atoms with Crippen molar-refractivity contribution in [1.82, 2.24) is 29.7 Å². The number of imidazole rings is 2. The third kappa shape index (κ3) is 7.03. The molecule has 8 nitrogen and oxygen atoms in total. The molecule has 8 rings (SSSR count). The average Bonchev–Trinajstić information content (AvgIpc) is 3.99. The summed E-state index contributed by atoms with van der Waals surface area (Å²) in [7, 11) is 0. The molecule has 2 saturated heterocycles. The van der Waals surface area contributed by atoms with Crippen molar-refractivity contribution in [2.45, 2.75) is 76.5 Å². The Hall–Kier alpha value is -5.83. The molecule has 2 fully saturated rings. The molecule has 4 atom stereocenters. The van der Waals surface area contributed by atoms with Crippen molar-refractivity contribution in [3.8, 4) is 33.6 Å². The molecular formula is C44H43FN6O2. The summed E-state index contributed by atoms with van der Waals surface area (Å²) in [6, 6.07) is 32.8. The number of hydrogen-bond acceptors (Lipinski definition) is 4. The summed E-state index contributed by atoms with van der Waals surface area (Å²) in [5.41, 5.74) is 6.49. The molecule has 268 valence electrons. The van der Waals surface area contributed by atoms with Crippen LogP contribution < -0.4 is 0 Å². The van der Waals surface area contributed by atoms with Crippen molar-refractivity contribution in [2.75, 3.05) is 0 Å². The van der Waals surface area contributed by atoms with Crippen molar-refractivity contribution < 1.29 is 14.0 Å². The molecular weight excluding hydrogens is 664 g/mol. The number of nitrogens with one attached hydrogen (secondary N) is 2. The second-order valence-electron chi connectivity index (χ2n) is 14.4. The highest BCUT2D eigenvalue weighted by molar-refractivity contribution is 5.80. The number of likely N-dealkylation sites (tertiary alicyclic amines) is 2. The van der Waals surface area contributed by atoms with Crippen LogP contribution in [-0.4, -0.2) is 53.6 Å². The average molecular weight is 707 g/mol. The Morgan fingerprint density at radius 2 is 1.09 bits per heavy atom. The fourth-order valence-corrected chi connectivity index (χ4v) is 8.12. The first-order chi connectivity index (χ1) is 25.8. The smallest absolute Gasteiger partial charge is 0.227 e. The summed E-state index contributed by atoms with van der Waals surface area (Å²) < 4.78 is 15.7. The molecule has 0 saturated carbocycles. The molecule has 9 heteroatoms. The SMILES string of the molecule is C[C@@H]1CC[C@H](c2ncc(-c3ccc(-c4ccc(-c5cnc([C@H]6CC[C@@H](C)N6C(=O)Cc6ccccc6)[nH]5)c(F)c4)cc3)[nH]2)N1C(=O)Cc1ccccc1. The lowest BCUT2D eigenvalue weighted by Crippen LogP contribution is -2.37. The fraction of sp³-hybridized carbons (Fsp3) is 0.273. The number of halogens is 1. The van der Waals surface area contributed by atoms with Crippen molar-refractivity contribution >= 4 is 11.8 Å². The van der Waals surface area contributed by atoms with E-state index in [1.807, 2.05) is 107 Å². The Balaban J connectivity index is 0.944. The maximum Gasteiger partial charge on any atom is 0.227 e. The number of rotatable bonds is 9. The van der Waals surface area contributed by atoms with E-state index < -0.39 is 0 Å². The Morgan fingerprint density at radius 1 is 0.623 bits per heavy atom. The Bertz CT molecular complexity index is 2210. The van der Waals surface area contributed by atoms with Crippen LogP contribution in [0.1, 0.15) is 74.4 Å². The molecule has 6 aromatic rings. The number of carbonyl (C=O) groups excluding carboxylic acids is 2. The predicted octanol–water partition coefficient (Wildman–Crippen LogP) is 8.86. The van der Waals surface area contributed by atoms with Gasteiger partial charge in [-0.25, -0.2) is 14.4 Å². The molecule has 53 heavy (non-hydrogen) atoms. The van der Waals surface area contributed by atoms with Gasteiger partial charge in [-0.05, 0) is 79.5 Å². The molecule has 2 N–H and O–H groups in total. The van der Waals surface area contributed by atoms with Crippen molar-refractivity contribution in [2.24, 2.45) is 0 Å². The maximum absolute atomic E-state index is 15.7. The molecule has 0 bridgehead atoms. The van der Waals surface area contributed by atoms with E-state index >= 15 is 4.39 Å². The number of hydrogen-bond donors (Lipinski definition) is 2. The minimum Gasteiger partial charge on any atom is -0.340 e. The van der Waals surface area contributed by atoms with Crippen LogP contribution in [0.25, 0.3) is 33.6 Å². The van der Waals surface area contributed by atoms with Gasteiger partial charge in [0.25, 0.3) is 0 Å². The van der Waals surface area contributed by atoms with Gasteiger partial charge >= 0.3 is 0 Å². The van der Waals surface area contributed by atoms with Crippen LogP contribution in [0.15, 0.2) is 116 Å². The van der Waals surface area contributed by atoms with Gasteiger partial charge in [0, 0.05) is 17.6 Å². The first-order valence-corrected chi connectivity index (χ1v) is 18.5. The van der Waals surface area contributed by atoms with Gasteiger partial charge in [0.2, 0.25) is 11.8 Å². The molecule has 0 aliphatic carbocycles. The molecule has 4 aromatic carbocycles. The summed E-state index contributed by atoms with van der Waals surface area (Å²) >= 11 is 0. The highest BCUT2D eigenvalue weighted by Crippen LogP contribution is 2.38. The number of aromatic nitrogens is 4. The second-order valence-corrected chi connectivity index (χ2v) is 14.4. The highest BCUT2D eigenvalue weighted by Gasteiger charge is 2.38. The maximum atomic E-state index is 15.7. The lowest BCUT2D eigenvalue weighted by molar-refractivity contribution is -0.134. The van der Waals surface area contributed by atoms with E-state index in [-0.39, 0.29) is 41.8 Å². The third-order valence-corrected chi connectivity index (χ3v) is 10.9. The van der Waals surface area contributed by atoms with E-state index in [1.165, 1.54) is 0 Å². The van der Waals surface area contributed by atoms with Crippen LogP contribution >= 0.6 is 0 Å². The zero-order valence-corrected chi connectivity index (χ0v) is 30.0. The number of aromatic amines is 2. The van der Waals surface area contributed by atoms with Gasteiger partial charge in [0.1, 0.15) is 17.5 Å². The van der Waals surface area contributed by atoms with Gasteiger partial charge in [-0.3, -0.25) is 9.59 Å². The topological polar surface area (TPSA) is 98.0 Å². The third-order valence-electron chi connectivity index (χ3n) is 10.9. The normalized spacial score (nSPS) is 19.9. The summed E-state index contributed by atoms with van der Waals surface area (Å²) in [6.45, 7) is 4.18. The molecule has 0 radical (unpaired) electrons. The second kappa shape index (κ2) is 14.7. The van der Waals surface area contributed by atoms with Crippen molar-refractivity contribution in [3.63, 3.8) is 0 Å². The van der Waals surface area contributed by atoms with Crippen LogP contribution in [-0.2, 0) is 22.4 Å². The monoisotopic (exact) mass is 706 g/mol. The number of nitrogens with zero attached hydrogens (tertiary/aromatic N) is 4. The summed E-state index contributed by atoms with van der Waals surface area (Å²) in [5.74, 6) is 1.30. The quantitative estimate of drug-likeness (QED) is 0.157. The van der Waals surface area contributed by atoms with E-state index in [0.29, 0.717) is 29.9 Å². The van der Waals surface area contributed by atoms with Gasteiger partial charge in [-0.1, -0.05) is 91.0 Å². The zero-order valence-electron chi connectivity index (χ0n) is 30.0. The lowest BCUT2D eigenvalue weighted by Gasteiger charge is -2.27. The Morgan fingerprint density at radius 3 is 1.62 bits per heavy atom. The van der Waals surface area contributed by atoms with E-state index in [0.717, 1.165) is 65.0 Å². The van der Waals surface area contributed by atoms with Gasteiger partial charge in [-0.2, -0.15) is 0 Å². The summed E-state index contributed by atoms with van der Waals surface area (Å²) in [4.78, 5) is 46.8. The first kappa shape index (κ1) is 34.3. The van der Waals surface area contributed by atoms with Crippen molar-refractivity contribution in [1.29, 1.82) is 0 Å². The van der Waals surface area contributed by atoms with E-state index in [9.17, 15) is 9.59 Å². The van der Waals surface area contributed by atoms with Crippen LogP contribution in [0.2, 0.25) is 0 Å². The number of H-pyrrole nitrogens is 2. The Kier molecular flexibility index (Phi) is 9.48. The first-order valence-electron chi connectivity index (χ1n) is 18.5. The van der Waals surface area contributed by atoms with Crippen LogP contribution in [0.4, 0.5) is 4.39 Å². The molecule has 2 aromatic heterocycles. The highest BCUT2D eigenvalue weighted by atomic mass is 19.1. The molecule has 0 unspecified atom stereocenters. The molecule has 2 aliphatic rings. The fourth-order valence-electron chi connectivity index (χ4n) is 8.12. The largest absolute Gasteiger partial charge is 0.340 e. The molecule has 4 heterocycles. The summed E-state index contributed by atoms with van der Waals surface area (Å²) in [6.07, 6.45) is 7.68. The summed E-state index contributed by atoms with van der Waals surface area (Å²) in [5, 5.41) is 0. The minimum atomic E-state index is -0.353. The lowest BCUT2D eigenvalue weighted by atomic mass is 10.0. The van der Waals surface area contributed by atoms with E-state index in [1.54, 1.807) is 18.3 Å². The standard InChI is InChI=1S/C44H43FN6O2/c1-28-13-21-39(50(28)41(52)23-30-9-5-3-6-10-30)43-46-26-37(48-43)33-17-15-32(16-18-33)34-19-20-35(36(45)25-34)38-27-47-44(49-38)40-22-14-29(2)51(40)42(53)24-31-11-7-4-8-12-31/h3-12,15-20,25-29,39-40H,13-14,21-24H2,1-2H3,(H,46,48)(H,47,49)/t28-,29-,39-,40-/m1/s1. The van der Waals surface area contributed by atoms with Gasteiger partial charge in [0.05, 0.1) is 48.7 Å². The number of benzene rings is 4. The van der Waals surface area contributed by atoms with Crippen LogP contribution in [0.5, 0.6) is 0 Å². The molecule has 0 spiro atoms. The molecule has 2 aliphatic heterocycles. The van der Waals surface area contributed by atoms with Crippen LogP contribution in [0.3, 0.4) is 0 Å². The van der Waals surface area contributed by atoms with Crippen LogP contribution in [0, 0.1) is 5.82 Å². The Labute approximate surface area is 309 Å². The molecule has 2 amide bonds. The number of amides is 2. The number of carbonyl (C=O) groups is 2. The van der Waals surface area contributed by atoms with E-state index in [2.05, 4.69) is 28.8 Å². The zero-order chi connectivity index (χ0) is 36.5. The van der Waals surface area contributed by atoms with E-state index in [4.69, 9.17) is 4.98 Å². The van der Waals surface area contributed by atoms with Gasteiger partial charge in [-0.15, -0.1) is 0 Å². The van der Waals surface area contributed by atoms with Crippen molar-refractivity contribution in [3.05, 3.63) is 144 Å².